The van der Waals surface area contributed by atoms with Crippen LogP contribution in [0.2, 0.25) is 0 Å². The Morgan fingerprint density at radius 3 is 2.61 bits per heavy atom. The molecule has 1 saturated heterocycles. The zero-order chi connectivity index (χ0) is 33.2. The van der Waals surface area contributed by atoms with Gasteiger partial charge in [0.15, 0.2) is 0 Å². The van der Waals surface area contributed by atoms with Gasteiger partial charge in [-0.15, -0.1) is 0 Å². The lowest BCUT2D eigenvalue weighted by Gasteiger charge is -2.30. The monoisotopic (exact) mass is 642 g/mol. The number of allylic oxidation sites excluding steroid dienone is 1. The molecule has 4 amide bonds. The number of fused-ring (bicyclic) bond motifs is 3. The number of nitrogens with one attached hydrogen (secondary N) is 2. The molecule has 0 spiro atoms. The Morgan fingerprint density at radius 1 is 1.11 bits per heavy atom. The normalized spacial score (nSPS) is 28.8. The van der Waals surface area contributed by atoms with E-state index in [2.05, 4.69) is 10.6 Å². The Bertz CT molecular complexity index is 1410. The second kappa shape index (κ2) is 13.3. The van der Waals surface area contributed by atoms with Gasteiger partial charge in [-0.05, 0) is 58.1 Å². The lowest BCUT2D eigenvalue weighted by atomic mass is 10.0. The lowest BCUT2D eigenvalue weighted by Crippen LogP contribution is -2.56. The number of ether oxygens (including phenoxy) is 3. The molecule has 4 aliphatic rings. The molecule has 0 radical (unpaired) electrons. The smallest absolute Gasteiger partial charge is 0.410 e. The first-order valence-corrected chi connectivity index (χ1v) is 15.9. The van der Waals surface area contributed by atoms with Crippen molar-refractivity contribution in [1.29, 1.82) is 0 Å². The van der Waals surface area contributed by atoms with Gasteiger partial charge in [-0.2, -0.15) is 0 Å². The molecule has 12 nitrogen and oxygen atoms in total. The fourth-order valence-corrected chi connectivity index (χ4v) is 6.49. The van der Waals surface area contributed by atoms with Crippen LogP contribution in [-0.2, 0) is 41.7 Å². The number of hydrogen-bond acceptors (Lipinski definition) is 8. The summed E-state index contributed by atoms with van der Waals surface area (Å²) < 4.78 is 30.6. The highest BCUT2D eigenvalue weighted by atomic mass is 19.1. The van der Waals surface area contributed by atoms with Gasteiger partial charge in [-0.25, -0.2) is 18.8 Å². The van der Waals surface area contributed by atoms with Gasteiger partial charge in [0.2, 0.25) is 11.8 Å². The minimum Gasteiger partial charge on any atom is -0.467 e. The summed E-state index contributed by atoms with van der Waals surface area (Å²) in [5, 5.41) is 5.54. The van der Waals surface area contributed by atoms with E-state index in [1.165, 1.54) is 23.0 Å². The Kier molecular flexibility index (Phi) is 9.59. The SMILES string of the molecule is COC(=O)C12C[C@H]1/C=C\CCCCC[C@@H](NC(=O)OC(C)(C)C)C(=O)N1C[C@H](OC(=O)N3Cc4cccc(F)c4C3)C[C@H]1C(=O)N2. The van der Waals surface area contributed by atoms with Crippen molar-refractivity contribution in [2.45, 2.75) is 108 Å². The van der Waals surface area contributed by atoms with Crippen LogP contribution in [0.1, 0.15) is 76.8 Å². The van der Waals surface area contributed by atoms with Crippen molar-refractivity contribution in [1.82, 2.24) is 20.4 Å². The third kappa shape index (κ3) is 7.28. The van der Waals surface area contributed by atoms with Crippen molar-refractivity contribution in [3.8, 4) is 0 Å². The molecule has 5 atom stereocenters. The van der Waals surface area contributed by atoms with Crippen LogP contribution in [0.3, 0.4) is 0 Å². The molecular weight excluding hydrogens is 599 g/mol. The summed E-state index contributed by atoms with van der Waals surface area (Å²) in [4.78, 5) is 69.6. The number of amides is 4. The number of methoxy groups -OCH3 is 1. The summed E-state index contributed by atoms with van der Waals surface area (Å²) in [6.45, 7) is 5.25. The van der Waals surface area contributed by atoms with E-state index in [1.54, 1.807) is 32.9 Å². The molecule has 0 bridgehead atoms. The minimum absolute atomic E-state index is 0.0324. The van der Waals surface area contributed by atoms with Crippen molar-refractivity contribution in [2.75, 3.05) is 13.7 Å². The predicted molar refractivity (Wildman–Crippen MR) is 162 cm³/mol. The number of halogens is 1. The van der Waals surface area contributed by atoms with Gasteiger partial charge in [0.1, 0.15) is 35.1 Å². The Balaban J connectivity index is 1.38. The van der Waals surface area contributed by atoms with E-state index in [0.717, 1.165) is 19.3 Å². The summed E-state index contributed by atoms with van der Waals surface area (Å²) in [6.07, 6.45) is 5.23. The van der Waals surface area contributed by atoms with E-state index in [9.17, 15) is 28.4 Å². The molecule has 1 aromatic carbocycles. The average molecular weight is 643 g/mol. The predicted octanol–water partition coefficient (Wildman–Crippen LogP) is 3.71. The standard InChI is InChI=1S/C33H43FN4O8/c1-32(2,3)46-30(42)35-25-14-9-7-5-6-8-12-21-16-33(21,29(41)44-4)36-27(39)26-15-22(18-38(26)28(25)40)45-31(43)37-17-20-11-10-13-24(34)23(20)19-37/h8,10-13,21-22,25-26H,5-7,9,14-19H2,1-4H3,(H,35,42)(H,36,39)/b12-8-/t21-,22-,25-,26+,33?/m1/s1. The molecule has 2 fully saturated rings. The van der Waals surface area contributed by atoms with E-state index >= 15 is 0 Å². The van der Waals surface area contributed by atoms with E-state index in [0.29, 0.717) is 30.4 Å². The molecule has 0 aromatic heterocycles. The van der Waals surface area contributed by atoms with Gasteiger partial charge in [0.05, 0.1) is 20.2 Å². The van der Waals surface area contributed by atoms with Crippen LogP contribution in [0.15, 0.2) is 30.4 Å². The Morgan fingerprint density at radius 2 is 1.89 bits per heavy atom. The summed E-state index contributed by atoms with van der Waals surface area (Å²) >= 11 is 0. The summed E-state index contributed by atoms with van der Waals surface area (Å²) in [6, 6.07) is 2.57. The third-order valence-electron chi connectivity index (χ3n) is 8.93. The number of benzene rings is 1. The molecule has 46 heavy (non-hydrogen) atoms. The molecule has 1 saturated carbocycles. The van der Waals surface area contributed by atoms with Crippen LogP contribution in [0.25, 0.3) is 0 Å². The topological polar surface area (TPSA) is 144 Å². The number of nitrogens with zero attached hydrogens (tertiary/aromatic N) is 2. The van der Waals surface area contributed by atoms with Crippen LogP contribution >= 0.6 is 0 Å². The Labute approximate surface area is 268 Å². The van der Waals surface area contributed by atoms with Crippen molar-refractivity contribution in [3.05, 3.63) is 47.3 Å². The van der Waals surface area contributed by atoms with Crippen molar-refractivity contribution in [2.24, 2.45) is 5.92 Å². The maximum absolute atomic E-state index is 14.3. The molecule has 2 N–H and O–H groups in total. The Hall–Kier alpha value is -4.16. The summed E-state index contributed by atoms with van der Waals surface area (Å²) in [5.74, 6) is -2.35. The first-order chi connectivity index (χ1) is 21.8. The molecule has 5 rings (SSSR count). The van der Waals surface area contributed by atoms with E-state index in [4.69, 9.17) is 14.2 Å². The van der Waals surface area contributed by atoms with Crippen LogP contribution in [-0.4, -0.2) is 82.8 Å². The zero-order valence-corrected chi connectivity index (χ0v) is 26.8. The highest BCUT2D eigenvalue weighted by Gasteiger charge is 2.62. The number of rotatable bonds is 3. The molecule has 3 heterocycles. The third-order valence-corrected chi connectivity index (χ3v) is 8.93. The quantitative estimate of drug-likeness (QED) is 0.289. The van der Waals surface area contributed by atoms with E-state index < -0.39 is 65.1 Å². The summed E-state index contributed by atoms with van der Waals surface area (Å²) in [5.41, 5.74) is -0.950. The zero-order valence-electron chi connectivity index (χ0n) is 26.8. The van der Waals surface area contributed by atoms with Crippen molar-refractivity contribution >= 4 is 30.0 Å². The number of carbonyl (C=O) groups is 5. The van der Waals surface area contributed by atoms with Gasteiger partial charge >= 0.3 is 18.2 Å². The minimum atomic E-state index is -1.26. The fraction of sp³-hybridized carbons (Fsp3) is 0.606. The second-order valence-electron chi connectivity index (χ2n) is 13.5. The van der Waals surface area contributed by atoms with Crippen LogP contribution in [0.5, 0.6) is 0 Å². The summed E-state index contributed by atoms with van der Waals surface area (Å²) in [7, 11) is 1.26. The molecule has 250 valence electrons. The molecule has 1 aromatic rings. The van der Waals surface area contributed by atoms with Crippen LogP contribution in [0, 0.1) is 11.7 Å². The highest BCUT2D eigenvalue weighted by Crippen LogP contribution is 2.46. The molecule has 13 heteroatoms. The lowest BCUT2D eigenvalue weighted by molar-refractivity contribution is -0.148. The van der Waals surface area contributed by atoms with Gasteiger partial charge in [-0.3, -0.25) is 14.5 Å². The maximum atomic E-state index is 14.3. The first kappa shape index (κ1) is 33.2. The van der Waals surface area contributed by atoms with Gasteiger partial charge in [-0.1, -0.05) is 37.1 Å². The fourth-order valence-electron chi connectivity index (χ4n) is 6.49. The average Bonchev–Trinajstić information content (AvgIpc) is 3.29. The van der Waals surface area contributed by atoms with Crippen molar-refractivity contribution in [3.63, 3.8) is 0 Å². The highest BCUT2D eigenvalue weighted by molar-refractivity contribution is 5.96. The molecular formula is C33H43FN4O8. The second-order valence-corrected chi connectivity index (χ2v) is 13.5. The van der Waals surface area contributed by atoms with Crippen LogP contribution in [0.4, 0.5) is 14.0 Å². The molecule has 3 aliphatic heterocycles. The van der Waals surface area contributed by atoms with E-state index in [-0.39, 0.29) is 32.0 Å². The number of carbonyl (C=O) groups excluding carboxylic acids is 5. The number of alkyl carbamates (subject to hydrolysis) is 1. The van der Waals surface area contributed by atoms with Gasteiger partial charge in [0.25, 0.3) is 0 Å². The largest absolute Gasteiger partial charge is 0.467 e. The number of hydrogen-bond donors (Lipinski definition) is 2. The molecule has 1 aliphatic carbocycles. The van der Waals surface area contributed by atoms with Crippen molar-refractivity contribution < 1.29 is 42.6 Å². The van der Waals surface area contributed by atoms with Gasteiger partial charge < -0.3 is 29.7 Å². The van der Waals surface area contributed by atoms with Crippen LogP contribution < -0.4 is 10.6 Å². The first-order valence-electron chi connectivity index (χ1n) is 15.9. The number of esters is 1. The van der Waals surface area contributed by atoms with Gasteiger partial charge in [0, 0.05) is 24.4 Å². The maximum Gasteiger partial charge on any atom is 0.410 e. The molecule has 1 unspecified atom stereocenters. The van der Waals surface area contributed by atoms with E-state index in [1.807, 2.05) is 12.2 Å².